The number of ether oxygens (including phenoxy) is 3. The molecule has 6 nitrogen and oxygen atoms in total. The van der Waals surface area contributed by atoms with E-state index in [1.807, 2.05) is 31.2 Å². The maximum atomic E-state index is 12.3. The fraction of sp³-hybridized carbons (Fsp3) is 0.200. The summed E-state index contributed by atoms with van der Waals surface area (Å²) in [6, 6.07) is 12.7. The maximum absolute atomic E-state index is 12.3. The SMILES string of the molecule is COc1ccc(C(=O)OCc2coc(-c3ccc(C)cc3)n2)c(OC)c1. The Labute approximate surface area is 151 Å². The molecule has 0 aliphatic heterocycles. The van der Waals surface area contributed by atoms with Crippen molar-refractivity contribution in [2.24, 2.45) is 0 Å². The van der Waals surface area contributed by atoms with E-state index in [-0.39, 0.29) is 6.61 Å². The number of nitrogens with zero attached hydrogens (tertiary/aromatic N) is 1. The van der Waals surface area contributed by atoms with Crippen LogP contribution in [0.4, 0.5) is 0 Å². The lowest BCUT2D eigenvalue weighted by atomic mass is 10.1. The van der Waals surface area contributed by atoms with Crippen LogP contribution in [-0.4, -0.2) is 25.2 Å². The van der Waals surface area contributed by atoms with Gasteiger partial charge in [0.15, 0.2) is 0 Å². The van der Waals surface area contributed by atoms with Crippen molar-refractivity contribution in [1.29, 1.82) is 0 Å². The van der Waals surface area contributed by atoms with Crippen LogP contribution in [0, 0.1) is 6.92 Å². The molecule has 0 bridgehead atoms. The third-order valence-electron chi connectivity index (χ3n) is 3.83. The van der Waals surface area contributed by atoms with Gasteiger partial charge in [-0.15, -0.1) is 0 Å². The molecule has 2 aromatic carbocycles. The van der Waals surface area contributed by atoms with Crippen molar-refractivity contribution in [2.45, 2.75) is 13.5 Å². The van der Waals surface area contributed by atoms with Crippen molar-refractivity contribution in [2.75, 3.05) is 14.2 Å². The molecule has 0 aliphatic carbocycles. The molecule has 0 radical (unpaired) electrons. The van der Waals surface area contributed by atoms with Gasteiger partial charge in [0.1, 0.15) is 35.6 Å². The van der Waals surface area contributed by atoms with Gasteiger partial charge in [-0.05, 0) is 31.2 Å². The Morgan fingerprint density at radius 1 is 1.08 bits per heavy atom. The van der Waals surface area contributed by atoms with E-state index < -0.39 is 5.97 Å². The van der Waals surface area contributed by atoms with Crippen molar-refractivity contribution >= 4 is 5.97 Å². The molecule has 0 saturated carbocycles. The predicted molar refractivity (Wildman–Crippen MR) is 95.3 cm³/mol. The zero-order valence-corrected chi connectivity index (χ0v) is 14.8. The largest absolute Gasteiger partial charge is 0.497 e. The van der Waals surface area contributed by atoms with E-state index in [2.05, 4.69) is 4.98 Å². The van der Waals surface area contributed by atoms with Crippen molar-refractivity contribution < 1.29 is 23.4 Å². The average Bonchev–Trinajstić information content (AvgIpc) is 3.15. The molecule has 3 rings (SSSR count). The van der Waals surface area contributed by atoms with E-state index in [1.54, 1.807) is 25.3 Å². The fourth-order valence-electron chi connectivity index (χ4n) is 2.39. The molecule has 0 unspecified atom stereocenters. The molecule has 0 N–H and O–H groups in total. The topological polar surface area (TPSA) is 70.8 Å². The van der Waals surface area contributed by atoms with Gasteiger partial charge in [-0.25, -0.2) is 9.78 Å². The van der Waals surface area contributed by atoms with Crippen LogP contribution in [-0.2, 0) is 11.3 Å². The number of aromatic nitrogens is 1. The zero-order chi connectivity index (χ0) is 18.5. The molecular weight excluding hydrogens is 334 g/mol. The van der Waals surface area contributed by atoms with Gasteiger partial charge in [-0.1, -0.05) is 17.7 Å². The number of rotatable bonds is 6. The Hall–Kier alpha value is -3.28. The second-order valence-electron chi connectivity index (χ2n) is 5.65. The van der Waals surface area contributed by atoms with Crippen LogP contribution in [0.2, 0.25) is 0 Å². The molecular formula is C20H19NO5. The van der Waals surface area contributed by atoms with Gasteiger partial charge < -0.3 is 18.6 Å². The van der Waals surface area contributed by atoms with Gasteiger partial charge in [-0.2, -0.15) is 0 Å². The van der Waals surface area contributed by atoms with Crippen LogP contribution in [0.25, 0.3) is 11.5 Å². The summed E-state index contributed by atoms with van der Waals surface area (Å²) < 4.78 is 21.1. The van der Waals surface area contributed by atoms with Gasteiger partial charge in [-0.3, -0.25) is 0 Å². The monoisotopic (exact) mass is 353 g/mol. The van der Waals surface area contributed by atoms with Crippen LogP contribution in [0.3, 0.4) is 0 Å². The van der Waals surface area contributed by atoms with Gasteiger partial charge in [0.05, 0.1) is 14.2 Å². The van der Waals surface area contributed by atoms with Gasteiger partial charge in [0.2, 0.25) is 5.89 Å². The predicted octanol–water partition coefficient (Wildman–Crippen LogP) is 4.02. The summed E-state index contributed by atoms with van der Waals surface area (Å²) in [5, 5.41) is 0. The lowest BCUT2D eigenvalue weighted by molar-refractivity contribution is 0.0464. The lowest BCUT2D eigenvalue weighted by Gasteiger charge is -2.09. The molecule has 0 spiro atoms. The van der Waals surface area contributed by atoms with E-state index >= 15 is 0 Å². The average molecular weight is 353 g/mol. The van der Waals surface area contributed by atoms with Gasteiger partial charge >= 0.3 is 5.97 Å². The number of oxazole rings is 1. The van der Waals surface area contributed by atoms with E-state index in [1.165, 1.54) is 13.4 Å². The summed E-state index contributed by atoms with van der Waals surface area (Å²) in [4.78, 5) is 16.7. The molecule has 0 saturated heterocycles. The summed E-state index contributed by atoms with van der Waals surface area (Å²) in [7, 11) is 3.03. The minimum atomic E-state index is -0.510. The molecule has 0 fully saturated rings. The highest BCUT2D eigenvalue weighted by Gasteiger charge is 2.16. The standard InChI is InChI=1S/C20H19NO5/c1-13-4-6-14(7-5-13)19-21-15(11-25-19)12-26-20(22)17-9-8-16(23-2)10-18(17)24-3/h4-11H,12H2,1-3H3. The lowest BCUT2D eigenvalue weighted by Crippen LogP contribution is -2.07. The highest BCUT2D eigenvalue weighted by molar-refractivity contribution is 5.92. The molecule has 1 heterocycles. The Kier molecular flexibility index (Phi) is 5.22. The van der Waals surface area contributed by atoms with E-state index in [9.17, 15) is 4.79 Å². The number of hydrogen-bond acceptors (Lipinski definition) is 6. The van der Waals surface area contributed by atoms with Crippen LogP contribution in [0.1, 0.15) is 21.6 Å². The van der Waals surface area contributed by atoms with Crippen molar-refractivity contribution in [3.8, 4) is 23.0 Å². The first kappa shape index (κ1) is 17.5. The summed E-state index contributed by atoms with van der Waals surface area (Å²) in [6.45, 7) is 2.01. The second kappa shape index (κ2) is 7.74. The van der Waals surface area contributed by atoms with Crippen molar-refractivity contribution in [3.05, 3.63) is 65.5 Å². The summed E-state index contributed by atoms with van der Waals surface area (Å²) >= 11 is 0. The van der Waals surface area contributed by atoms with Gasteiger partial charge in [0.25, 0.3) is 0 Å². The number of hydrogen-bond donors (Lipinski definition) is 0. The highest BCUT2D eigenvalue weighted by atomic mass is 16.5. The third kappa shape index (κ3) is 3.85. The number of carbonyl (C=O) groups excluding carboxylic acids is 1. The Bertz CT molecular complexity index is 899. The maximum Gasteiger partial charge on any atom is 0.342 e. The normalized spacial score (nSPS) is 10.4. The van der Waals surface area contributed by atoms with Crippen LogP contribution >= 0.6 is 0 Å². The van der Waals surface area contributed by atoms with E-state index in [0.717, 1.165) is 11.1 Å². The number of carbonyl (C=O) groups is 1. The highest BCUT2D eigenvalue weighted by Crippen LogP contribution is 2.25. The first-order valence-electron chi connectivity index (χ1n) is 8.01. The molecule has 134 valence electrons. The van der Waals surface area contributed by atoms with Crippen molar-refractivity contribution in [1.82, 2.24) is 4.98 Å². The summed E-state index contributed by atoms with van der Waals surface area (Å²) in [5.41, 5.74) is 2.87. The molecule has 0 aliphatic rings. The zero-order valence-electron chi connectivity index (χ0n) is 14.8. The molecule has 26 heavy (non-hydrogen) atoms. The second-order valence-corrected chi connectivity index (χ2v) is 5.65. The minimum absolute atomic E-state index is 0.00335. The van der Waals surface area contributed by atoms with Crippen LogP contribution < -0.4 is 9.47 Å². The van der Waals surface area contributed by atoms with Crippen molar-refractivity contribution in [3.63, 3.8) is 0 Å². The smallest absolute Gasteiger partial charge is 0.342 e. The number of esters is 1. The van der Waals surface area contributed by atoms with Gasteiger partial charge in [0, 0.05) is 11.6 Å². The number of benzene rings is 2. The number of methoxy groups -OCH3 is 2. The summed E-state index contributed by atoms with van der Waals surface area (Å²) in [6.07, 6.45) is 1.48. The Morgan fingerprint density at radius 3 is 2.54 bits per heavy atom. The fourth-order valence-corrected chi connectivity index (χ4v) is 2.39. The molecule has 0 atom stereocenters. The Balaban J connectivity index is 1.68. The summed E-state index contributed by atoms with van der Waals surface area (Å²) in [5.74, 6) is 0.954. The third-order valence-corrected chi connectivity index (χ3v) is 3.83. The van der Waals surface area contributed by atoms with E-state index in [0.29, 0.717) is 28.6 Å². The molecule has 3 aromatic rings. The first-order chi connectivity index (χ1) is 12.6. The molecule has 0 amide bonds. The quantitative estimate of drug-likeness (QED) is 0.623. The van der Waals surface area contributed by atoms with Crippen LogP contribution in [0.15, 0.2) is 53.1 Å². The molecule has 6 heteroatoms. The number of aryl methyl sites for hydroxylation is 1. The Morgan fingerprint density at radius 2 is 1.85 bits per heavy atom. The van der Waals surface area contributed by atoms with Crippen LogP contribution in [0.5, 0.6) is 11.5 Å². The minimum Gasteiger partial charge on any atom is -0.497 e. The molecule has 1 aromatic heterocycles. The first-order valence-corrected chi connectivity index (χ1v) is 8.01. The van der Waals surface area contributed by atoms with E-state index in [4.69, 9.17) is 18.6 Å².